The topological polar surface area (TPSA) is 46.5 Å². The minimum absolute atomic E-state index is 0.150. The minimum atomic E-state index is -2.52. The molecule has 0 aliphatic carbocycles. The molecule has 0 saturated heterocycles. The van der Waals surface area contributed by atoms with Crippen LogP contribution in [0.15, 0.2) is 18.2 Å². The number of carboxylic acids is 1. The summed E-state index contributed by atoms with van der Waals surface area (Å²) >= 11 is 5.34. The van der Waals surface area contributed by atoms with Crippen molar-refractivity contribution >= 4 is 17.6 Å². The number of alkyl halides is 1. The molecular weight excluding hydrogens is 218 g/mol. The molecule has 3 nitrogen and oxygen atoms in total. The quantitative estimate of drug-likeness (QED) is 0.853. The third-order valence-corrected chi connectivity index (χ3v) is 1.63. The first-order valence-electron chi connectivity index (χ1n) is 3.49. The number of rotatable bonds is 3. The standard InChI is InChI=1S/C8H5ClF2O3/c9-5-2-1-4(3-6(5)10)14-7(11)8(12)13/h1-3,7H,(H,12,13). The molecule has 76 valence electrons. The summed E-state index contributed by atoms with van der Waals surface area (Å²) in [5.74, 6) is -2.82. The molecule has 0 aliphatic heterocycles. The molecule has 0 heterocycles. The highest BCUT2D eigenvalue weighted by Crippen LogP contribution is 2.21. The molecule has 14 heavy (non-hydrogen) atoms. The molecule has 0 aliphatic rings. The minimum Gasteiger partial charge on any atom is -0.476 e. The summed E-state index contributed by atoms with van der Waals surface area (Å²) in [6.45, 7) is 0. The molecule has 0 fully saturated rings. The fourth-order valence-corrected chi connectivity index (χ4v) is 0.838. The third kappa shape index (κ3) is 2.56. The largest absolute Gasteiger partial charge is 0.476 e. The molecule has 1 rings (SSSR count). The first-order chi connectivity index (χ1) is 6.50. The Morgan fingerprint density at radius 1 is 1.57 bits per heavy atom. The molecule has 0 bridgehead atoms. The van der Waals surface area contributed by atoms with Crippen molar-refractivity contribution in [3.8, 4) is 5.75 Å². The van der Waals surface area contributed by atoms with Gasteiger partial charge in [-0.05, 0) is 12.1 Å². The van der Waals surface area contributed by atoms with Gasteiger partial charge in [-0.2, -0.15) is 4.39 Å². The SMILES string of the molecule is O=C(O)C(F)Oc1ccc(Cl)c(F)c1. The Bertz CT molecular complexity index is 356. The highest BCUT2D eigenvalue weighted by molar-refractivity contribution is 6.30. The zero-order valence-electron chi connectivity index (χ0n) is 6.71. The molecule has 0 saturated carbocycles. The molecule has 1 aromatic rings. The maximum absolute atomic E-state index is 12.7. The van der Waals surface area contributed by atoms with Gasteiger partial charge < -0.3 is 9.84 Å². The lowest BCUT2D eigenvalue weighted by molar-refractivity contribution is -0.153. The number of carboxylic acid groups (broad SMARTS) is 1. The smallest absolute Gasteiger partial charge is 0.378 e. The molecule has 6 heteroatoms. The Hall–Kier alpha value is -1.36. The molecule has 1 unspecified atom stereocenters. The normalized spacial score (nSPS) is 12.2. The third-order valence-electron chi connectivity index (χ3n) is 1.32. The monoisotopic (exact) mass is 222 g/mol. The first kappa shape index (κ1) is 10.7. The lowest BCUT2D eigenvalue weighted by Gasteiger charge is -2.07. The number of aliphatic carboxylic acids is 1. The fourth-order valence-electron chi connectivity index (χ4n) is 0.720. The molecule has 1 atom stereocenters. The maximum atomic E-state index is 12.7. The van der Waals surface area contributed by atoms with Crippen molar-refractivity contribution in [3.05, 3.63) is 29.0 Å². The average molecular weight is 223 g/mol. The highest BCUT2D eigenvalue weighted by Gasteiger charge is 2.17. The molecule has 0 radical (unpaired) electrons. The van der Waals surface area contributed by atoms with Gasteiger partial charge in [0.25, 0.3) is 0 Å². The summed E-state index contributed by atoms with van der Waals surface area (Å²) < 4.78 is 29.5. The van der Waals surface area contributed by atoms with E-state index in [0.29, 0.717) is 0 Å². The van der Waals surface area contributed by atoms with E-state index in [2.05, 4.69) is 4.74 Å². The van der Waals surface area contributed by atoms with E-state index in [4.69, 9.17) is 16.7 Å². The van der Waals surface area contributed by atoms with Crippen molar-refractivity contribution in [2.45, 2.75) is 6.36 Å². The van der Waals surface area contributed by atoms with Gasteiger partial charge >= 0.3 is 12.3 Å². The van der Waals surface area contributed by atoms with Gasteiger partial charge in [0.05, 0.1) is 5.02 Å². The van der Waals surface area contributed by atoms with Crippen LogP contribution in [0.4, 0.5) is 8.78 Å². The second-order valence-electron chi connectivity index (χ2n) is 2.35. The number of halogens is 3. The van der Waals surface area contributed by atoms with Gasteiger partial charge in [-0.1, -0.05) is 11.6 Å². The van der Waals surface area contributed by atoms with Crippen molar-refractivity contribution in [2.75, 3.05) is 0 Å². The number of carbonyl (C=O) groups is 1. The van der Waals surface area contributed by atoms with Crippen LogP contribution < -0.4 is 4.74 Å². The van der Waals surface area contributed by atoms with E-state index in [1.54, 1.807) is 0 Å². The second-order valence-corrected chi connectivity index (χ2v) is 2.76. The van der Waals surface area contributed by atoms with Crippen LogP contribution in [0.2, 0.25) is 5.02 Å². The van der Waals surface area contributed by atoms with Crippen LogP contribution in [-0.2, 0) is 4.79 Å². The van der Waals surface area contributed by atoms with Gasteiger partial charge in [0.2, 0.25) is 0 Å². The van der Waals surface area contributed by atoms with Gasteiger partial charge in [-0.25, -0.2) is 9.18 Å². The zero-order chi connectivity index (χ0) is 10.7. The summed E-state index contributed by atoms with van der Waals surface area (Å²) in [5.41, 5.74) is 0. The van der Waals surface area contributed by atoms with Gasteiger partial charge in [-0.3, -0.25) is 0 Å². The van der Waals surface area contributed by atoms with E-state index in [1.807, 2.05) is 0 Å². The van der Waals surface area contributed by atoms with E-state index in [1.165, 1.54) is 6.07 Å². The van der Waals surface area contributed by atoms with Gasteiger partial charge in [0.15, 0.2) is 0 Å². The van der Waals surface area contributed by atoms with Gasteiger partial charge in [0, 0.05) is 6.07 Å². The number of ether oxygens (including phenoxy) is 1. The Kier molecular flexibility index (Phi) is 3.24. The fraction of sp³-hybridized carbons (Fsp3) is 0.125. The maximum Gasteiger partial charge on any atom is 0.378 e. The summed E-state index contributed by atoms with van der Waals surface area (Å²) in [5, 5.41) is 8.00. The van der Waals surface area contributed by atoms with Crippen LogP contribution in [0.3, 0.4) is 0 Å². The molecule has 1 aromatic carbocycles. The number of hydrogen-bond acceptors (Lipinski definition) is 2. The Balaban J connectivity index is 2.78. The zero-order valence-corrected chi connectivity index (χ0v) is 7.46. The van der Waals surface area contributed by atoms with Crippen LogP contribution in [0.5, 0.6) is 5.75 Å². The van der Waals surface area contributed by atoms with Crippen LogP contribution in [0.1, 0.15) is 0 Å². The molecular formula is C8H5ClF2O3. The van der Waals surface area contributed by atoms with E-state index < -0.39 is 18.1 Å². The van der Waals surface area contributed by atoms with Crippen LogP contribution in [0.25, 0.3) is 0 Å². The molecule has 0 amide bonds. The van der Waals surface area contributed by atoms with Gasteiger partial charge in [0.1, 0.15) is 11.6 Å². The highest BCUT2D eigenvalue weighted by atomic mass is 35.5. The van der Waals surface area contributed by atoms with Crippen molar-refractivity contribution in [2.24, 2.45) is 0 Å². The summed E-state index contributed by atoms with van der Waals surface area (Å²) in [4.78, 5) is 10.0. The summed E-state index contributed by atoms with van der Waals surface area (Å²) in [6.07, 6.45) is -2.52. The van der Waals surface area contributed by atoms with Crippen molar-refractivity contribution in [1.82, 2.24) is 0 Å². The lowest BCUT2D eigenvalue weighted by Crippen LogP contribution is -2.21. The summed E-state index contributed by atoms with van der Waals surface area (Å²) in [6, 6.07) is 3.11. The first-order valence-corrected chi connectivity index (χ1v) is 3.87. The predicted molar refractivity (Wildman–Crippen MR) is 44.6 cm³/mol. The van der Waals surface area contributed by atoms with E-state index >= 15 is 0 Å². The Labute approximate surface area is 82.9 Å². The van der Waals surface area contributed by atoms with Crippen molar-refractivity contribution in [1.29, 1.82) is 0 Å². The van der Waals surface area contributed by atoms with E-state index in [9.17, 15) is 13.6 Å². The lowest BCUT2D eigenvalue weighted by atomic mass is 10.3. The van der Waals surface area contributed by atoms with Crippen molar-refractivity contribution in [3.63, 3.8) is 0 Å². The van der Waals surface area contributed by atoms with E-state index in [-0.39, 0.29) is 10.8 Å². The van der Waals surface area contributed by atoms with Crippen LogP contribution >= 0.6 is 11.6 Å². The number of hydrogen-bond donors (Lipinski definition) is 1. The van der Waals surface area contributed by atoms with Gasteiger partial charge in [-0.15, -0.1) is 0 Å². The average Bonchev–Trinajstić information content (AvgIpc) is 2.11. The Morgan fingerprint density at radius 3 is 2.71 bits per heavy atom. The van der Waals surface area contributed by atoms with E-state index in [0.717, 1.165) is 12.1 Å². The van der Waals surface area contributed by atoms with Crippen LogP contribution in [0, 0.1) is 5.82 Å². The summed E-state index contributed by atoms with van der Waals surface area (Å²) in [7, 11) is 0. The Morgan fingerprint density at radius 2 is 2.21 bits per heavy atom. The molecule has 0 aromatic heterocycles. The molecule has 1 N–H and O–H groups in total. The van der Waals surface area contributed by atoms with Crippen LogP contribution in [-0.4, -0.2) is 17.4 Å². The molecule has 0 spiro atoms. The predicted octanol–water partition coefficient (Wildman–Crippen LogP) is 2.24. The number of benzene rings is 1. The second kappa shape index (κ2) is 4.23. The van der Waals surface area contributed by atoms with Crippen molar-refractivity contribution < 1.29 is 23.4 Å².